The second kappa shape index (κ2) is 8.31. The van der Waals surface area contributed by atoms with E-state index in [1.807, 2.05) is 0 Å². The van der Waals surface area contributed by atoms with E-state index in [4.69, 9.17) is 16.3 Å². The molecule has 0 bridgehead atoms. The zero-order chi connectivity index (χ0) is 21.0. The fraction of sp³-hybridized carbons (Fsp3) is 0.0556. The van der Waals surface area contributed by atoms with E-state index in [1.165, 1.54) is 42.7 Å². The fourth-order valence-electron chi connectivity index (χ4n) is 2.22. The standard InChI is InChI=1S/C18H10ClF4N3O3/c19-13-5-6-14(28-11-1-3-12(4-2-11)29-18(21,22)23)15(16(13)20)17(27)26-10-7-8-24-25-9-10/h1-9H,(H,24,26,27). The second-order valence-electron chi connectivity index (χ2n) is 5.44. The molecule has 1 amide bonds. The van der Waals surface area contributed by atoms with Crippen LogP contribution in [0.25, 0.3) is 0 Å². The van der Waals surface area contributed by atoms with E-state index in [0.29, 0.717) is 0 Å². The molecule has 3 rings (SSSR count). The molecule has 0 saturated carbocycles. The molecule has 0 aliphatic heterocycles. The van der Waals surface area contributed by atoms with Crippen LogP contribution in [-0.2, 0) is 0 Å². The zero-order valence-corrected chi connectivity index (χ0v) is 15.0. The number of aromatic nitrogens is 2. The van der Waals surface area contributed by atoms with Crippen molar-refractivity contribution in [2.75, 3.05) is 5.32 Å². The first-order valence-corrected chi connectivity index (χ1v) is 8.20. The van der Waals surface area contributed by atoms with Crippen LogP contribution >= 0.6 is 11.6 Å². The largest absolute Gasteiger partial charge is 0.573 e. The average Bonchev–Trinajstić information content (AvgIpc) is 2.66. The van der Waals surface area contributed by atoms with E-state index in [2.05, 4.69) is 20.3 Å². The van der Waals surface area contributed by atoms with Crippen LogP contribution in [-0.4, -0.2) is 22.5 Å². The van der Waals surface area contributed by atoms with Gasteiger partial charge in [-0.1, -0.05) is 11.6 Å². The molecule has 150 valence electrons. The lowest BCUT2D eigenvalue weighted by Crippen LogP contribution is -2.17. The van der Waals surface area contributed by atoms with Crippen molar-refractivity contribution in [2.24, 2.45) is 0 Å². The highest BCUT2D eigenvalue weighted by molar-refractivity contribution is 6.31. The lowest BCUT2D eigenvalue weighted by Gasteiger charge is -2.14. The lowest BCUT2D eigenvalue weighted by molar-refractivity contribution is -0.274. The van der Waals surface area contributed by atoms with E-state index in [9.17, 15) is 22.4 Å². The van der Waals surface area contributed by atoms with Crippen LogP contribution in [0.15, 0.2) is 54.9 Å². The molecule has 0 atom stereocenters. The first-order chi connectivity index (χ1) is 13.7. The number of anilines is 1. The Morgan fingerprint density at radius 3 is 2.31 bits per heavy atom. The Balaban J connectivity index is 1.86. The van der Waals surface area contributed by atoms with Crippen molar-refractivity contribution in [2.45, 2.75) is 6.36 Å². The first kappa shape index (κ1) is 20.3. The van der Waals surface area contributed by atoms with Crippen molar-refractivity contribution in [1.82, 2.24) is 10.2 Å². The Morgan fingerprint density at radius 1 is 1.00 bits per heavy atom. The molecule has 0 aliphatic carbocycles. The number of benzene rings is 2. The van der Waals surface area contributed by atoms with Gasteiger partial charge in [-0.05, 0) is 42.5 Å². The van der Waals surface area contributed by atoms with Crippen molar-refractivity contribution in [3.63, 3.8) is 0 Å². The molecule has 0 radical (unpaired) electrons. The van der Waals surface area contributed by atoms with Gasteiger partial charge in [0.15, 0.2) is 5.82 Å². The molecule has 3 aromatic rings. The number of carbonyl (C=O) groups excluding carboxylic acids is 1. The van der Waals surface area contributed by atoms with Gasteiger partial charge in [-0.3, -0.25) is 4.79 Å². The molecule has 1 heterocycles. The van der Waals surface area contributed by atoms with E-state index in [1.54, 1.807) is 0 Å². The van der Waals surface area contributed by atoms with Gasteiger partial charge in [-0.2, -0.15) is 10.2 Å². The number of nitrogens with one attached hydrogen (secondary N) is 1. The van der Waals surface area contributed by atoms with Gasteiger partial charge in [0.25, 0.3) is 5.91 Å². The van der Waals surface area contributed by atoms with E-state index in [-0.39, 0.29) is 22.2 Å². The minimum Gasteiger partial charge on any atom is -0.456 e. The van der Waals surface area contributed by atoms with Crippen LogP contribution in [0.4, 0.5) is 23.2 Å². The highest BCUT2D eigenvalue weighted by Gasteiger charge is 2.31. The van der Waals surface area contributed by atoms with E-state index in [0.717, 1.165) is 12.1 Å². The van der Waals surface area contributed by atoms with Gasteiger partial charge >= 0.3 is 6.36 Å². The van der Waals surface area contributed by atoms with Gasteiger partial charge < -0.3 is 14.8 Å². The average molecular weight is 428 g/mol. The summed E-state index contributed by atoms with van der Waals surface area (Å²) in [6, 6.07) is 8.23. The molecule has 1 aromatic heterocycles. The van der Waals surface area contributed by atoms with Crippen molar-refractivity contribution >= 4 is 23.2 Å². The third-order valence-corrected chi connectivity index (χ3v) is 3.70. The minimum absolute atomic E-state index is 0.0425. The number of ether oxygens (including phenoxy) is 2. The number of hydrogen-bond donors (Lipinski definition) is 1. The molecule has 11 heteroatoms. The van der Waals surface area contributed by atoms with Crippen LogP contribution in [0, 0.1) is 5.82 Å². The monoisotopic (exact) mass is 427 g/mol. The molecule has 29 heavy (non-hydrogen) atoms. The van der Waals surface area contributed by atoms with Crippen LogP contribution < -0.4 is 14.8 Å². The van der Waals surface area contributed by atoms with Crippen LogP contribution in [0.1, 0.15) is 10.4 Å². The fourth-order valence-corrected chi connectivity index (χ4v) is 2.38. The molecule has 0 spiro atoms. The van der Waals surface area contributed by atoms with Crippen LogP contribution in [0.2, 0.25) is 5.02 Å². The van der Waals surface area contributed by atoms with E-state index < -0.39 is 29.4 Å². The highest BCUT2D eigenvalue weighted by Crippen LogP contribution is 2.33. The summed E-state index contributed by atoms with van der Waals surface area (Å²) in [7, 11) is 0. The Kier molecular flexibility index (Phi) is 5.83. The number of nitrogens with zero attached hydrogens (tertiary/aromatic N) is 2. The van der Waals surface area contributed by atoms with Crippen LogP contribution in [0.5, 0.6) is 17.2 Å². The summed E-state index contributed by atoms with van der Waals surface area (Å²) < 4.78 is 60.4. The maximum atomic E-state index is 14.5. The number of halogens is 5. The van der Waals surface area contributed by atoms with Crippen molar-refractivity contribution in [3.8, 4) is 17.2 Å². The molecule has 6 nitrogen and oxygen atoms in total. The smallest absolute Gasteiger partial charge is 0.456 e. The number of rotatable bonds is 5. The number of amides is 1. The molecule has 0 aliphatic rings. The SMILES string of the molecule is O=C(Nc1ccnnc1)c1c(Oc2ccc(OC(F)(F)F)cc2)ccc(Cl)c1F. The molecule has 2 aromatic carbocycles. The molecular formula is C18H10ClF4N3O3. The second-order valence-corrected chi connectivity index (χ2v) is 5.85. The summed E-state index contributed by atoms with van der Waals surface area (Å²) in [6.45, 7) is 0. The predicted octanol–water partition coefficient (Wildman–Crippen LogP) is 5.21. The van der Waals surface area contributed by atoms with Crippen molar-refractivity contribution in [3.05, 3.63) is 71.3 Å². The Bertz CT molecular complexity index is 1020. The lowest BCUT2D eigenvalue weighted by atomic mass is 10.1. The van der Waals surface area contributed by atoms with E-state index >= 15 is 0 Å². The third kappa shape index (κ3) is 5.32. The zero-order valence-electron chi connectivity index (χ0n) is 14.2. The number of hydrogen-bond acceptors (Lipinski definition) is 5. The molecule has 0 saturated heterocycles. The highest BCUT2D eigenvalue weighted by atomic mass is 35.5. The van der Waals surface area contributed by atoms with Gasteiger partial charge in [-0.25, -0.2) is 4.39 Å². The van der Waals surface area contributed by atoms with Crippen LogP contribution in [0.3, 0.4) is 0 Å². The van der Waals surface area contributed by atoms with Gasteiger partial charge in [-0.15, -0.1) is 13.2 Å². The minimum atomic E-state index is -4.84. The predicted molar refractivity (Wildman–Crippen MR) is 94.6 cm³/mol. The van der Waals surface area contributed by atoms with Gasteiger partial charge in [0.05, 0.1) is 23.1 Å². The summed E-state index contributed by atoms with van der Waals surface area (Å²) in [5.74, 6) is -2.52. The molecular weight excluding hydrogens is 418 g/mol. The topological polar surface area (TPSA) is 73.3 Å². The molecule has 0 unspecified atom stereocenters. The molecule has 0 fully saturated rings. The van der Waals surface area contributed by atoms with Crippen molar-refractivity contribution in [1.29, 1.82) is 0 Å². The third-order valence-electron chi connectivity index (χ3n) is 3.41. The summed E-state index contributed by atoms with van der Waals surface area (Å²) in [5.41, 5.74) is -0.242. The van der Waals surface area contributed by atoms with Crippen molar-refractivity contribution < 1.29 is 31.8 Å². The quantitative estimate of drug-likeness (QED) is 0.566. The summed E-state index contributed by atoms with van der Waals surface area (Å²) in [5, 5.41) is 9.25. The van der Waals surface area contributed by atoms with Gasteiger partial charge in [0.1, 0.15) is 22.8 Å². The number of alkyl halides is 3. The summed E-state index contributed by atoms with van der Waals surface area (Å²) in [6.07, 6.45) is -2.26. The summed E-state index contributed by atoms with van der Waals surface area (Å²) >= 11 is 5.76. The number of carbonyl (C=O) groups is 1. The summed E-state index contributed by atoms with van der Waals surface area (Å²) in [4.78, 5) is 12.5. The molecule has 1 N–H and O–H groups in total. The first-order valence-electron chi connectivity index (χ1n) is 7.82. The maximum absolute atomic E-state index is 14.5. The van der Waals surface area contributed by atoms with Gasteiger partial charge in [0, 0.05) is 0 Å². The normalized spacial score (nSPS) is 11.1. The maximum Gasteiger partial charge on any atom is 0.573 e. The Hall–Kier alpha value is -3.40. The van der Waals surface area contributed by atoms with Gasteiger partial charge in [0.2, 0.25) is 0 Å². The Morgan fingerprint density at radius 2 is 1.69 bits per heavy atom. The Labute approximate surface area is 166 Å².